The average molecular weight is 289 g/mol. The summed E-state index contributed by atoms with van der Waals surface area (Å²) in [6.45, 7) is 0.696. The molecular weight excluding hydrogens is 272 g/mol. The van der Waals surface area contributed by atoms with Gasteiger partial charge in [0.2, 0.25) is 5.91 Å². The highest BCUT2D eigenvalue weighted by atomic mass is 16.4. The standard InChI is InChI=1S/C15H18N2O4/c18-13(17-8-6-12(7-9-17)15(20)21)10-16-14(19)11-4-2-1-3-5-11/h1-5,12H,6-10H2,(H,16,19)(H,20,21)/p-1. The second-order valence-corrected chi connectivity index (χ2v) is 5.02. The molecule has 1 heterocycles. The van der Waals surface area contributed by atoms with Gasteiger partial charge in [0.15, 0.2) is 0 Å². The molecule has 1 aromatic carbocycles. The zero-order valence-corrected chi connectivity index (χ0v) is 11.6. The van der Waals surface area contributed by atoms with Gasteiger partial charge in [0.1, 0.15) is 0 Å². The van der Waals surface area contributed by atoms with Crippen molar-refractivity contribution in [2.75, 3.05) is 19.6 Å². The Bertz CT molecular complexity index is 522. The molecule has 0 aliphatic carbocycles. The van der Waals surface area contributed by atoms with Crippen molar-refractivity contribution < 1.29 is 19.5 Å². The number of piperidine rings is 1. The first kappa shape index (κ1) is 15.0. The lowest BCUT2D eigenvalue weighted by Crippen LogP contribution is -2.46. The van der Waals surface area contributed by atoms with E-state index in [-0.39, 0.29) is 18.4 Å². The monoisotopic (exact) mass is 289 g/mol. The number of carbonyl (C=O) groups is 3. The van der Waals surface area contributed by atoms with Crippen LogP contribution in [0, 0.1) is 5.92 Å². The van der Waals surface area contributed by atoms with Crippen LogP contribution in [0.4, 0.5) is 0 Å². The van der Waals surface area contributed by atoms with E-state index in [1.54, 1.807) is 29.2 Å². The van der Waals surface area contributed by atoms with Crippen LogP contribution in [0.5, 0.6) is 0 Å². The summed E-state index contributed by atoms with van der Waals surface area (Å²) in [6.07, 6.45) is 0.807. The molecule has 0 unspecified atom stereocenters. The predicted molar refractivity (Wildman–Crippen MR) is 73.1 cm³/mol. The van der Waals surface area contributed by atoms with E-state index in [0.717, 1.165) is 0 Å². The molecule has 1 aliphatic heterocycles. The second-order valence-electron chi connectivity index (χ2n) is 5.02. The van der Waals surface area contributed by atoms with Gasteiger partial charge in [0.25, 0.3) is 5.91 Å². The van der Waals surface area contributed by atoms with Crippen molar-refractivity contribution in [1.82, 2.24) is 10.2 Å². The van der Waals surface area contributed by atoms with Crippen LogP contribution in [-0.2, 0) is 9.59 Å². The lowest BCUT2D eigenvalue weighted by atomic mass is 9.97. The number of carbonyl (C=O) groups excluding carboxylic acids is 3. The summed E-state index contributed by atoms with van der Waals surface area (Å²) in [7, 11) is 0. The second kappa shape index (κ2) is 6.88. The number of aliphatic carboxylic acids is 1. The number of rotatable bonds is 4. The van der Waals surface area contributed by atoms with Gasteiger partial charge in [-0.05, 0) is 25.0 Å². The minimum Gasteiger partial charge on any atom is -0.550 e. The molecule has 1 aromatic rings. The summed E-state index contributed by atoms with van der Waals surface area (Å²) < 4.78 is 0. The molecule has 2 amide bonds. The number of likely N-dealkylation sites (tertiary alicyclic amines) is 1. The topological polar surface area (TPSA) is 89.5 Å². The quantitative estimate of drug-likeness (QED) is 0.802. The summed E-state index contributed by atoms with van der Waals surface area (Å²) in [5.74, 6) is -2.03. The molecule has 112 valence electrons. The maximum absolute atomic E-state index is 12.0. The van der Waals surface area contributed by atoms with Crippen molar-refractivity contribution in [2.24, 2.45) is 5.92 Å². The Kier molecular flexibility index (Phi) is 4.92. The van der Waals surface area contributed by atoms with Crippen molar-refractivity contribution in [3.8, 4) is 0 Å². The van der Waals surface area contributed by atoms with Gasteiger partial charge >= 0.3 is 0 Å². The number of hydrogen-bond acceptors (Lipinski definition) is 4. The Balaban J connectivity index is 1.78. The van der Waals surface area contributed by atoms with E-state index in [0.29, 0.717) is 31.5 Å². The predicted octanol–water partition coefficient (Wildman–Crippen LogP) is -0.595. The van der Waals surface area contributed by atoms with Crippen LogP contribution in [0.2, 0.25) is 0 Å². The van der Waals surface area contributed by atoms with E-state index in [2.05, 4.69) is 5.32 Å². The normalized spacial score (nSPS) is 15.5. The zero-order valence-electron chi connectivity index (χ0n) is 11.6. The van der Waals surface area contributed by atoms with Gasteiger partial charge in [-0.1, -0.05) is 18.2 Å². The third-order valence-electron chi connectivity index (χ3n) is 3.62. The first-order valence-corrected chi connectivity index (χ1v) is 6.90. The molecule has 21 heavy (non-hydrogen) atoms. The van der Waals surface area contributed by atoms with Gasteiger partial charge in [-0.15, -0.1) is 0 Å². The van der Waals surface area contributed by atoms with Gasteiger partial charge in [-0.2, -0.15) is 0 Å². The van der Waals surface area contributed by atoms with Crippen LogP contribution in [0.15, 0.2) is 30.3 Å². The number of amides is 2. The Labute approximate surface area is 122 Å². The van der Waals surface area contributed by atoms with Crippen LogP contribution in [0.3, 0.4) is 0 Å². The first-order chi connectivity index (χ1) is 10.1. The fourth-order valence-electron chi connectivity index (χ4n) is 2.32. The number of carboxylic acid groups (broad SMARTS) is 1. The Morgan fingerprint density at radius 1 is 1.14 bits per heavy atom. The van der Waals surface area contributed by atoms with Gasteiger partial charge < -0.3 is 20.1 Å². The maximum Gasteiger partial charge on any atom is 0.251 e. The number of carboxylic acids is 1. The molecule has 6 heteroatoms. The minimum atomic E-state index is -1.06. The van der Waals surface area contributed by atoms with Gasteiger partial charge in [0, 0.05) is 30.5 Å². The summed E-state index contributed by atoms with van der Waals surface area (Å²) in [5, 5.41) is 13.3. The van der Waals surface area contributed by atoms with E-state index in [9.17, 15) is 19.5 Å². The largest absolute Gasteiger partial charge is 0.550 e. The molecule has 6 nitrogen and oxygen atoms in total. The summed E-state index contributed by atoms with van der Waals surface area (Å²) in [5.41, 5.74) is 0.501. The molecule has 0 spiro atoms. The summed E-state index contributed by atoms with van der Waals surface area (Å²) >= 11 is 0. The molecular formula is C15H17N2O4-. The molecule has 2 rings (SSSR count). The van der Waals surface area contributed by atoms with Crippen LogP contribution < -0.4 is 10.4 Å². The molecule has 1 saturated heterocycles. The molecule has 0 radical (unpaired) electrons. The van der Waals surface area contributed by atoms with Crippen molar-refractivity contribution in [1.29, 1.82) is 0 Å². The lowest BCUT2D eigenvalue weighted by molar-refractivity contribution is -0.312. The van der Waals surface area contributed by atoms with Crippen LogP contribution >= 0.6 is 0 Å². The van der Waals surface area contributed by atoms with Gasteiger partial charge in [-0.25, -0.2) is 0 Å². The SMILES string of the molecule is O=C(NCC(=O)N1CCC(C(=O)[O-])CC1)c1ccccc1. The van der Waals surface area contributed by atoms with Crippen molar-refractivity contribution in [2.45, 2.75) is 12.8 Å². The molecule has 0 atom stereocenters. The van der Waals surface area contributed by atoms with E-state index >= 15 is 0 Å². The van der Waals surface area contributed by atoms with E-state index in [1.165, 1.54) is 0 Å². The van der Waals surface area contributed by atoms with Gasteiger partial charge in [-0.3, -0.25) is 9.59 Å². The molecule has 0 aromatic heterocycles. The van der Waals surface area contributed by atoms with Crippen molar-refractivity contribution >= 4 is 17.8 Å². The highest BCUT2D eigenvalue weighted by Gasteiger charge is 2.23. The lowest BCUT2D eigenvalue weighted by Gasteiger charge is -2.32. The van der Waals surface area contributed by atoms with Gasteiger partial charge in [0.05, 0.1) is 6.54 Å². The van der Waals surface area contributed by atoms with Crippen molar-refractivity contribution in [3.05, 3.63) is 35.9 Å². The average Bonchev–Trinajstić information content (AvgIpc) is 2.53. The number of nitrogens with one attached hydrogen (secondary N) is 1. The van der Waals surface area contributed by atoms with E-state index in [1.807, 2.05) is 6.07 Å². The number of hydrogen-bond donors (Lipinski definition) is 1. The first-order valence-electron chi connectivity index (χ1n) is 6.90. The fourth-order valence-corrected chi connectivity index (χ4v) is 2.32. The molecule has 1 N–H and O–H groups in total. The summed E-state index contributed by atoms with van der Waals surface area (Å²) in [4.78, 5) is 36.1. The molecule has 0 saturated carbocycles. The van der Waals surface area contributed by atoms with Crippen LogP contribution in [0.25, 0.3) is 0 Å². The fraction of sp³-hybridized carbons (Fsp3) is 0.400. The van der Waals surface area contributed by atoms with Crippen molar-refractivity contribution in [3.63, 3.8) is 0 Å². The molecule has 1 aliphatic rings. The third-order valence-corrected chi connectivity index (χ3v) is 3.62. The number of benzene rings is 1. The Hall–Kier alpha value is -2.37. The smallest absolute Gasteiger partial charge is 0.251 e. The maximum atomic E-state index is 12.0. The zero-order chi connectivity index (χ0) is 15.2. The third kappa shape index (κ3) is 4.05. The summed E-state index contributed by atoms with van der Waals surface area (Å²) in [6, 6.07) is 8.66. The minimum absolute atomic E-state index is 0.0796. The Morgan fingerprint density at radius 3 is 2.33 bits per heavy atom. The number of nitrogens with zero attached hydrogens (tertiary/aromatic N) is 1. The van der Waals surface area contributed by atoms with E-state index in [4.69, 9.17) is 0 Å². The van der Waals surface area contributed by atoms with E-state index < -0.39 is 11.9 Å². The van der Waals surface area contributed by atoms with Crippen LogP contribution in [-0.4, -0.2) is 42.3 Å². The molecule has 0 bridgehead atoms. The van der Waals surface area contributed by atoms with Crippen LogP contribution in [0.1, 0.15) is 23.2 Å². The molecule has 1 fully saturated rings. The highest BCUT2D eigenvalue weighted by molar-refractivity contribution is 5.96. The Morgan fingerprint density at radius 2 is 1.76 bits per heavy atom. The highest BCUT2D eigenvalue weighted by Crippen LogP contribution is 2.16.